The fourth-order valence-corrected chi connectivity index (χ4v) is 1.55. The first-order valence-corrected chi connectivity index (χ1v) is 4.22. The van der Waals surface area contributed by atoms with E-state index in [1.807, 2.05) is 10.7 Å². The summed E-state index contributed by atoms with van der Waals surface area (Å²) >= 11 is 0. The summed E-state index contributed by atoms with van der Waals surface area (Å²) in [7, 11) is 0. The summed E-state index contributed by atoms with van der Waals surface area (Å²) in [6, 6.07) is 2.36. The van der Waals surface area contributed by atoms with Gasteiger partial charge in [0, 0.05) is 19.3 Å². The Labute approximate surface area is 71.3 Å². The minimum atomic E-state index is 0.401. The van der Waals surface area contributed by atoms with Crippen LogP contribution < -0.4 is 5.73 Å². The van der Waals surface area contributed by atoms with Crippen LogP contribution in [-0.2, 0) is 11.3 Å². The van der Waals surface area contributed by atoms with Crippen molar-refractivity contribution in [1.29, 1.82) is 0 Å². The smallest absolute Gasteiger partial charge is 0.0778 e. The molecule has 0 spiro atoms. The van der Waals surface area contributed by atoms with E-state index < -0.39 is 0 Å². The van der Waals surface area contributed by atoms with Crippen molar-refractivity contribution in [3.63, 3.8) is 0 Å². The van der Waals surface area contributed by atoms with Crippen LogP contribution in [0, 0.1) is 0 Å². The largest absolute Gasteiger partial charge is 0.379 e. The van der Waals surface area contributed by atoms with Crippen molar-refractivity contribution >= 4 is 0 Å². The zero-order valence-electron chi connectivity index (χ0n) is 6.94. The monoisotopic (exact) mass is 167 g/mol. The SMILES string of the molecule is NCc1ccnn1C1CCOC1. The molecule has 2 N–H and O–H groups in total. The van der Waals surface area contributed by atoms with Gasteiger partial charge in [-0.05, 0) is 12.5 Å². The van der Waals surface area contributed by atoms with Crippen molar-refractivity contribution in [3.8, 4) is 0 Å². The van der Waals surface area contributed by atoms with Gasteiger partial charge in [-0.1, -0.05) is 0 Å². The average Bonchev–Trinajstić information content (AvgIpc) is 2.74. The zero-order valence-corrected chi connectivity index (χ0v) is 6.94. The van der Waals surface area contributed by atoms with E-state index in [9.17, 15) is 0 Å². The Morgan fingerprint density at radius 2 is 2.67 bits per heavy atom. The predicted octanol–water partition coefficient (Wildman–Crippen LogP) is 0.303. The highest BCUT2D eigenvalue weighted by Gasteiger charge is 2.19. The van der Waals surface area contributed by atoms with E-state index in [1.165, 1.54) is 0 Å². The van der Waals surface area contributed by atoms with Gasteiger partial charge >= 0.3 is 0 Å². The van der Waals surface area contributed by atoms with Crippen LogP contribution in [0.15, 0.2) is 12.3 Å². The van der Waals surface area contributed by atoms with E-state index >= 15 is 0 Å². The molecule has 1 saturated heterocycles. The van der Waals surface area contributed by atoms with Gasteiger partial charge in [0.15, 0.2) is 0 Å². The molecule has 1 aliphatic rings. The topological polar surface area (TPSA) is 53.1 Å². The zero-order chi connectivity index (χ0) is 8.39. The predicted molar refractivity (Wildman–Crippen MR) is 44.6 cm³/mol. The van der Waals surface area contributed by atoms with Crippen LogP contribution in [0.25, 0.3) is 0 Å². The third-order valence-corrected chi connectivity index (χ3v) is 2.21. The normalized spacial score (nSPS) is 23.2. The molecule has 1 aromatic heterocycles. The van der Waals surface area contributed by atoms with E-state index in [2.05, 4.69) is 5.10 Å². The Bertz CT molecular complexity index is 253. The second kappa shape index (κ2) is 3.25. The van der Waals surface area contributed by atoms with Gasteiger partial charge in [0.25, 0.3) is 0 Å². The van der Waals surface area contributed by atoms with E-state index in [0.29, 0.717) is 12.6 Å². The van der Waals surface area contributed by atoms with E-state index in [-0.39, 0.29) is 0 Å². The first-order valence-electron chi connectivity index (χ1n) is 4.22. The van der Waals surface area contributed by atoms with Crippen LogP contribution in [0.1, 0.15) is 18.2 Å². The molecule has 1 aliphatic heterocycles. The maximum absolute atomic E-state index is 5.56. The summed E-state index contributed by atoms with van der Waals surface area (Å²) in [5.41, 5.74) is 6.65. The van der Waals surface area contributed by atoms with Gasteiger partial charge in [-0.2, -0.15) is 5.10 Å². The molecule has 4 heteroatoms. The Morgan fingerprint density at radius 3 is 3.33 bits per heavy atom. The molecule has 0 aliphatic carbocycles. The van der Waals surface area contributed by atoms with Gasteiger partial charge in [-0.15, -0.1) is 0 Å². The third-order valence-electron chi connectivity index (χ3n) is 2.21. The van der Waals surface area contributed by atoms with Gasteiger partial charge < -0.3 is 10.5 Å². The quantitative estimate of drug-likeness (QED) is 0.689. The summed E-state index contributed by atoms with van der Waals surface area (Å²) in [6.07, 6.45) is 2.84. The van der Waals surface area contributed by atoms with Crippen LogP contribution in [0.3, 0.4) is 0 Å². The lowest BCUT2D eigenvalue weighted by Crippen LogP contribution is -2.15. The molecule has 1 unspecified atom stereocenters. The first-order chi connectivity index (χ1) is 5.92. The molecular weight excluding hydrogens is 154 g/mol. The van der Waals surface area contributed by atoms with Crippen molar-refractivity contribution < 1.29 is 4.74 Å². The highest BCUT2D eigenvalue weighted by Crippen LogP contribution is 2.19. The summed E-state index contributed by atoms with van der Waals surface area (Å²) in [4.78, 5) is 0. The number of hydrogen-bond acceptors (Lipinski definition) is 3. The maximum Gasteiger partial charge on any atom is 0.0778 e. The molecule has 66 valence electrons. The van der Waals surface area contributed by atoms with E-state index in [4.69, 9.17) is 10.5 Å². The van der Waals surface area contributed by atoms with Gasteiger partial charge in [0.1, 0.15) is 0 Å². The number of nitrogens with two attached hydrogens (primary N) is 1. The van der Waals surface area contributed by atoms with Crippen LogP contribution in [0.4, 0.5) is 0 Å². The summed E-state index contributed by atoms with van der Waals surface area (Å²) in [6.45, 7) is 2.17. The van der Waals surface area contributed by atoms with Gasteiger partial charge in [0.2, 0.25) is 0 Å². The molecule has 12 heavy (non-hydrogen) atoms. The molecule has 0 aromatic carbocycles. The van der Waals surface area contributed by atoms with Crippen LogP contribution in [-0.4, -0.2) is 23.0 Å². The molecular formula is C8H13N3O. The number of ether oxygens (including phenoxy) is 1. The third kappa shape index (κ3) is 1.23. The molecule has 1 fully saturated rings. The second-order valence-electron chi connectivity index (χ2n) is 2.99. The van der Waals surface area contributed by atoms with Crippen molar-refractivity contribution in [2.75, 3.05) is 13.2 Å². The molecule has 0 amide bonds. The minimum absolute atomic E-state index is 0.401. The molecule has 0 bridgehead atoms. The van der Waals surface area contributed by atoms with Gasteiger partial charge in [-0.3, -0.25) is 4.68 Å². The van der Waals surface area contributed by atoms with Crippen molar-refractivity contribution in [1.82, 2.24) is 9.78 Å². The summed E-state index contributed by atoms with van der Waals surface area (Å²) in [5, 5.41) is 4.23. The first kappa shape index (κ1) is 7.76. The number of aromatic nitrogens is 2. The standard InChI is InChI=1S/C8H13N3O/c9-5-7-1-3-10-11(7)8-2-4-12-6-8/h1,3,8H,2,4-6,9H2. The second-order valence-corrected chi connectivity index (χ2v) is 2.99. The molecule has 0 saturated carbocycles. The Kier molecular flexibility index (Phi) is 2.10. The summed E-state index contributed by atoms with van der Waals surface area (Å²) in [5.74, 6) is 0. The highest BCUT2D eigenvalue weighted by atomic mass is 16.5. The van der Waals surface area contributed by atoms with Crippen molar-refractivity contribution in [2.24, 2.45) is 5.73 Å². The van der Waals surface area contributed by atoms with Gasteiger partial charge in [-0.25, -0.2) is 0 Å². The molecule has 1 atom stereocenters. The molecule has 4 nitrogen and oxygen atoms in total. The van der Waals surface area contributed by atoms with Gasteiger partial charge in [0.05, 0.1) is 18.3 Å². The number of nitrogens with zero attached hydrogens (tertiary/aromatic N) is 2. The van der Waals surface area contributed by atoms with Crippen molar-refractivity contribution in [3.05, 3.63) is 18.0 Å². The van der Waals surface area contributed by atoms with E-state index in [1.54, 1.807) is 6.20 Å². The van der Waals surface area contributed by atoms with E-state index in [0.717, 1.165) is 25.3 Å². The van der Waals surface area contributed by atoms with Crippen molar-refractivity contribution in [2.45, 2.75) is 19.0 Å². The number of rotatable bonds is 2. The fourth-order valence-electron chi connectivity index (χ4n) is 1.55. The molecule has 2 rings (SSSR count). The lowest BCUT2D eigenvalue weighted by atomic mass is 10.2. The number of hydrogen-bond donors (Lipinski definition) is 1. The molecule has 0 radical (unpaired) electrons. The Balaban J connectivity index is 2.19. The molecule has 1 aromatic rings. The lowest BCUT2D eigenvalue weighted by molar-refractivity contribution is 0.184. The fraction of sp³-hybridized carbons (Fsp3) is 0.625. The van der Waals surface area contributed by atoms with Crippen LogP contribution in [0.5, 0.6) is 0 Å². The highest BCUT2D eigenvalue weighted by molar-refractivity contribution is 5.01. The summed E-state index contributed by atoms with van der Waals surface area (Å²) < 4.78 is 7.26. The minimum Gasteiger partial charge on any atom is -0.379 e. The average molecular weight is 167 g/mol. The Morgan fingerprint density at radius 1 is 1.75 bits per heavy atom. The van der Waals surface area contributed by atoms with Crippen LogP contribution >= 0.6 is 0 Å². The molecule has 2 heterocycles. The van der Waals surface area contributed by atoms with Crippen LogP contribution in [0.2, 0.25) is 0 Å². The lowest BCUT2D eigenvalue weighted by Gasteiger charge is -2.11. The Hall–Kier alpha value is -0.870. The maximum atomic E-state index is 5.56.